The Kier molecular flexibility index (Phi) is 5.77. The van der Waals surface area contributed by atoms with E-state index in [2.05, 4.69) is 26.8 Å². The number of carbonyl (C=O) groups excluding carboxylic acids is 1. The van der Waals surface area contributed by atoms with Crippen molar-refractivity contribution >= 4 is 11.7 Å². The normalized spacial score (nSPS) is 10.7. The Hall–Kier alpha value is -4.32. The van der Waals surface area contributed by atoms with Gasteiger partial charge in [-0.3, -0.25) is 4.79 Å². The predicted octanol–water partition coefficient (Wildman–Crippen LogP) is 3.46. The molecule has 0 spiro atoms. The van der Waals surface area contributed by atoms with Crippen LogP contribution in [0, 0.1) is 31.0 Å². The molecule has 0 unspecified atom stereocenters. The SMILES string of the molecule is Cc1c(C#N)c(NC(=O)Cn2nnc(-c3ccccc3)n2)n(Cc2ccc(F)cc2)c1C. The number of halogens is 1. The maximum atomic E-state index is 13.3. The van der Waals surface area contributed by atoms with Crippen LogP contribution in [-0.4, -0.2) is 30.7 Å². The molecule has 1 N–H and O–H groups in total. The Labute approximate surface area is 183 Å². The van der Waals surface area contributed by atoms with Gasteiger partial charge in [-0.1, -0.05) is 42.5 Å². The number of aromatic nitrogens is 5. The zero-order valence-corrected chi connectivity index (χ0v) is 17.6. The number of amides is 1. The van der Waals surface area contributed by atoms with E-state index in [1.165, 1.54) is 16.9 Å². The molecule has 0 bridgehead atoms. The van der Waals surface area contributed by atoms with Crippen molar-refractivity contribution in [3.05, 3.63) is 82.8 Å². The lowest BCUT2D eigenvalue weighted by atomic mass is 10.2. The quantitative estimate of drug-likeness (QED) is 0.506. The Balaban J connectivity index is 1.56. The van der Waals surface area contributed by atoms with Gasteiger partial charge in [0, 0.05) is 17.8 Å². The molecule has 0 saturated carbocycles. The van der Waals surface area contributed by atoms with E-state index in [9.17, 15) is 14.4 Å². The molecule has 160 valence electrons. The third kappa shape index (κ3) is 4.25. The van der Waals surface area contributed by atoms with Gasteiger partial charge in [0.25, 0.3) is 0 Å². The summed E-state index contributed by atoms with van der Waals surface area (Å²) in [5.41, 5.74) is 3.64. The van der Waals surface area contributed by atoms with E-state index in [0.717, 1.165) is 22.4 Å². The second-order valence-electron chi connectivity index (χ2n) is 7.32. The number of hydrogen-bond acceptors (Lipinski definition) is 5. The third-order valence-corrected chi connectivity index (χ3v) is 5.22. The van der Waals surface area contributed by atoms with E-state index in [1.807, 2.05) is 48.7 Å². The molecule has 0 aliphatic carbocycles. The lowest BCUT2D eigenvalue weighted by Crippen LogP contribution is -2.23. The summed E-state index contributed by atoms with van der Waals surface area (Å²) in [6.07, 6.45) is 0. The first-order valence-electron chi connectivity index (χ1n) is 9.93. The van der Waals surface area contributed by atoms with Crippen LogP contribution in [0.2, 0.25) is 0 Å². The molecule has 8 nitrogen and oxygen atoms in total. The maximum absolute atomic E-state index is 13.3. The molecular weight excluding hydrogens is 409 g/mol. The van der Waals surface area contributed by atoms with Gasteiger partial charge < -0.3 is 9.88 Å². The van der Waals surface area contributed by atoms with Gasteiger partial charge in [0.15, 0.2) is 0 Å². The lowest BCUT2D eigenvalue weighted by molar-refractivity contribution is -0.117. The molecule has 1 amide bonds. The zero-order valence-electron chi connectivity index (χ0n) is 17.6. The first kappa shape index (κ1) is 20.9. The molecule has 0 radical (unpaired) electrons. The van der Waals surface area contributed by atoms with Gasteiger partial charge in [-0.2, -0.15) is 10.1 Å². The van der Waals surface area contributed by atoms with Crippen molar-refractivity contribution in [3.8, 4) is 17.5 Å². The van der Waals surface area contributed by atoms with Crippen molar-refractivity contribution in [3.63, 3.8) is 0 Å². The van der Waals surface area contributed by atoms with Crippen molar-refractivity contribution in [2.45, 2.75) is 26.9 Å². The van der Waals surface area contributed by atoms with Crippen molar-refractivity contribution in [1.29, 1.82) is 5.26 Å². The number of anilines is 1. The summed E-state index contributed by atoms with van der Waals surface area (Å²) in [4.78, 5) is 14.0. The number of nitriles is 1. The van der Waals surface area contributed by atoms with Gasteiger partial charge in [-0.15, -0.1) is 10.2 Å². The van der Waals surface area contributed by atoms with Gasteiger partial charge in [0.1, 0.15) is 24.2 Å². The predicted molar refractivity (Wildman–Crippen MR) is 116 cm³/mol. The number of carbonyl (C=O) groups is 1. The summed E-state index contributed by atoms with van der Waals surface area (Å²) in [5, 5.41) is 24.7. The van der Waals surface area contributed by atoms with Gasteiger partial charge in [0.2, 0.25) is 11.7 Å². The number of nitrogens with one attached hydrogen (secondary N) is 1. The van der Waals surface area contributed by atoms with E-state index in [-0.39, 0.29) is 12.4 Å². The first-order valence-corrected chi connectivity index (χ1v) is 9.93. The monoisotopic (exact) mass is 429 g/mol. The Morgan fingerprint density at radius 2 is 1.84 bits per heavy atom. The van der Waals surface area contributed by atoms with Gasteiger partial charge in [-0.05, 0) is 42.3 Å². The fourth-order valence-electron chi connectivity index (χ4n) is 3.41. The molecule has 2 aromatic carbocycles. The van der Waals surface area contributed by atoms with Crippen LogP contribution >= 0.6 is 0 Å². The summed E-state index contributed by atoms with van der Waals surface area (Å²) < 4.78 is 15.1. The minimum Gasteiger partial charge on any atom is -0.326 e. The second-order valence-corrected chi connectivity index (χ2v) is 7.32. The summed E-state index contributed by atoms with van der Waals surface area (Å²) in [5.74, 6) is 0.0923. The number of benzene rings is 2. The fraction of sp³-hybridized carbons (Fsp3) is 0.174. The third-order valence-electron chi connectivity index (χ3n) is 5.22. The first-order chi connectivity index (χ1) is 15.5. The van der Waals surface area contributed by atoms with Crippen LogP contribution < -0.4 is 5.32 Å². The van der Waals surface area contributed by atoms with Crippen LogP contribution in [0.15, 0.2) is 54.6 Å². The smallest absolute Gasteiger partial charge is 0.249 e. The lowest BCUT2D eigenvalue weighted by Gasteiger charge is -2.13. The summed E-state index contributed by atoms with van der Waals surface area (Å²) in [6.45, 7) is 3.92. The molecule has 9 heteroatoms. The minimum atomic E-state index is -0.392. The number of rotatable bonds is 6. The van der Waals surface area contributed by atoms with Crippen molar-refractivity contribution < 1.29 is 9.18 Å². The van der Waals surface area contributed by atoms with Crippen molar-refractivity contribution in [2.24, 2.45) is 0 Å². The number of tetrazole rings is 1. The molecule has 32 heavy (non-hydrogen) atoms. The summed E-state index contributed by atoms with van der Waals surface area (Å²) in [6, 6.07) is 17.6. The van der Waals surface area contributed by atoms with Crippen molar-refractivity contribution in [2.75, 3.05) is 5.32 Å². The standard InChI is InChI=1S/C23H20FN7O/c1-15-16(2)30(13-17-8-10-19(24)11-9-17)23(20(15)12-25)26-21(32)14-31-28-22(27-29-31)18-6-4-3-5-7-18/h3-11H,13-14H2,1-2H3,(H,26,32). The van der Waals surface area contributed by atoms with E-state index >= 15 is 0 Å². The van der Waals surface area contributed by atoms with E-state index in [0.29, 0.717) is 23.8 Å². The largest absolute Gasteiger partial charge is 0.326 e. The molecule has 2 aromatic heterocycles. The molecule has 2 heterocycles. The van der Waals surface area contributed by atoms with Crippen LogP contribution in [-0.2, 0) is 17.9 Å². The Bertz CT molecular complexity index is 1300. The van der Waals surface area contributed by atoms with E-state index in [1.54, 1.807) is 12.1 Å². The maximum Gasteiger partial charge on any atom is 0.249 e. The summed E-state index contributed by atoms with van der Waals surface area (Å²) in [7, 11) is 0. The van der Waals surface area contributed by atoms with Crippen LogP contribution in [0.1, 0.15) is 22.4 Å². The topological polar surface area (TPSA) is 101 Å². The van der Waals surface area contributed by atoms with E-state index in [4.69, 9.17) is 0 Å². The van der Waals surface area contributed by atoms with Gasteiger partial charge in [-0.25, -0.2) is 4.39 Å². The molecule has 0 aliphatic heterocycles. The molecule has 0 aliphatic rings. The fourth-order valence-corrected chi connectivity index (χ4v) is 3.41. The molecule has 0 saturated heterocycles. The molecule has 0 atom stereocenters. The Morgan fingerprint density at radius 1 is 1.12 bits per heavy atom. The van der Waals surface area contributed by atoms with E-state index < -0.39 is 5.91 Å². The highest BCUT2D eigenvalue weighted by Crippen LogP contribution is 2.27. The highest BCUT2D eigenvalue weighted by molar-refractivity contribution is 5.91. The highest BCUT2D eigenvalue weighted by atomic mass is 19.1. The number of nitrogens with zero attached hydrogens (tertiary/aromatic N) is 6. The molecule has 4 rings (SSSR count). The van der Waals surface area contributed by atoms with Crippen LogP contribution in [0.3, 0.4) is 0 Å². The van der Waals surface area contributed by atoms with Gasteiger partial charge in [0.05, 0.1) is 5.56 Å². The summed E-state index contributed by atoms with van der Waals surface area (Å²) >= 11 is 0. The zero-order chi connectivity index (χ0) is 22.7. The van der Waals surface area contributed by atoms with Crippen LogP contribution in [0.5, 0.6) is 0 Å². The highest BCUT2D eigenvalue weighted by Gasteiger charge is 2.20. The van der Waals surface area contributed by atoms with Crippen molar-refractivity contribution in [1.82, 2.24) is 24.8 Å². The second kappa shape index (κ2) is 8.81. The van der Waals surface area contributed by atoms with Crippen LogP contribution in [0.25, 0.3) is 11.4 Å². The van der Waals surface area contributed by atoms with Gasteiger partial charge >= 0.3 is 0 Å². The average molecular weight is 429 g/mol. The molecule has 0 fully saturated rings. The Morgan fingerprint density at radius 3 is 2.53 bits per heavy atom. The number of hydrogen-bond donors (Lipinski definition) is 1. The van der Waals surface area contributed by atoms with Crippen LogP contribution in [0.4, 0.5) is 10.2 Å². The average Bonchev–Trinajstić information content (AvgIpc) is 3.34. The molecule has 4 aromatic rings. The molecular formula is C23H20FN7O. The minimum absolute atomic E-state index is 0.162.